The number of ether oxygens (including phenoxy) is 1. The highest BCUT2D eigenvalue weighted by atomic mass is 16.5. The number of fused-ring (bicyclic) bond motifs is 1. The summed E-state index contributed by atoms with van der Waals surface area (Å²) in [6.07, 6.45) is 4.00. The molecule has 8 heteroatoms. The Labute approximate surface area is 211 Å². The average molecular weight is 493 g/mol. The second kappa shape index (κ2) is 10.6. The van der Waals surface area contributed by atoms with Crippen molar-refractivity contribution in [2.45, 2.75) is 60.0 Å². The van der Waals surface area contributed by atoms with Crippen LogP contribution in [-0.4, -0.2) is 58.4 Å². The van der Waals surface area contributed by atoms with Crippen molar-refractivity contribution in [3.8, 4) is 0 Å². The second-order valence-corrected chi connectivity index (χ2v) is 10.1. The number of H-pyrrole nitrogens is 2. The van der Waals surface area contributed by atoms with Crippen LogP contribution in [0, 0.1) is 26.7 Å². The number of likely N-dealkylation sites (tertiary alicyclic amines) is 1. The molecule has 0 bridgehead atoms. The van der Waals surface area contributed by atoms with Crippen LogP contribution in [0.15, 0.2) is 24.4 Å². The topological polar surface area (TPSA) is 107 Å². The molecule has 3 N–H and O–H groups in total. The summed E-state index contributed by atoms with van der Waals surface area (Å²) >= 11 is 0. The molecule has 0 aliphatic carbocycles. The van der Waals surface area contributed by atoms with Crippen molar-refractivity contribution in [3.05, 3.63) is 58.0 Å². The third-order valence-electron chi connectivity index (χ3n) is 6.89. The van der Waals surface area contributed by atoms with Gasteiger partial charge in [0.1, 0.15) is 5.69 Å². The SMILES string of the molecule is Cc1ccc2[nH]cc(CCNC(=O)[C@H]3CCCN(C(=O)c4[nH]c(C)c(C(=O)OC(C)C)c4C)C3)c2c1. The Balaban J connectivity index is 1.37. The number of aromatic nitrogens is 2. The van der Waals surface area contributed by atoms with Gasteiger partial charge in [0.25, 0.3) is 5.91 Å². The van der Waals surface area contributed by atoms with Gasteiger partial charge in [0.05, 0.1) is 17.6 Å². The second-order valence-electron chi connectivity index (χ2n) is 10.1. The number of aromatic amines is 2. The normalized spacial score (nSPS) is 15.9. The first-order valence-corrected chi connectivity index (χ1v) is 12.7. The number of aryl methyl sites for hydroxylation is 2. The van der Waals surface area contributed by atoms with E-state index >= 15 is 0 Å². The maximum Gasteiger partial charge on any atom is 0.340 e. The van der Waals surface area contributed by atoms with Gasteiger partial charge in [0.15, 0.2) is 0 Å². The Morgan fingerprint density at radius 2 is 1.97 bits per heavy atom. The average Bonchev–Trinajstić information content (AvgIpc) is 3.37. The van der Waals surface area contributed by atoms with Crippen LogP contribution in [0.2, 0.25) is 0 Å². The molecule has 0 unspecified atom stereocenters. The van der Waals surface area contributed by atoms with Crippen LogP contribution in [0.3, 0.4) is 0 Å². The van der Waals surface area contributed by atoms with Crippen LogP contribution in [0.4, 0.5) is 0 Å². The summed E-state index contributed by atoms with van der Waals surface area (Å²) in [5.41, 5.74) is 5.47. The molecule has 8 nitrogen and oxygen atoms in total. The Morgan fingerprint density at radius 1 is 1.19 bits per heavy atom. The Hall–Kier alpha value is -3.55. The minimum atomic E-state index is -0.434. The van der Waals surface area contributed by atoms with Gasteiger partial charge in [0, 0.05) is 42.4 Å². The molecule has 36 heavy (non-hydrogen) atoms. The molecule has 1 fully saturated rings. The predicted molar refractivity (Wildman–Crippen MR) is 139 cm³/mol. The molecule has 1 aliphatic rings. The van der Waals surface area contributed by atoms with E-state index in [2.05, 4.69) is 40.4 Å². The first-order chi connectivity index (χ1) is 17.2. The first-order valence-electron chi connectivity index (χ1n) is 12.7. The largest absolute Gasteiger partial charge is 0.459 e. The van der Waals surface area contributed by atoms with E-state index < -0.39 is 5.97 Å². The Morgan fingerprint density at radius 3 is 2.72 bits per heavy atom. The number of carbonyl (C=O) groups excluding carboxylic acids is 3. The predicted octanol–water partition coefficient (Wildman–Crippen LogP) is 4.20. The van der Waals surface area contributed by atoms with Gasteiger partial charge in [-0.3, -0.25) is 9.59 Å². The number of hydrogen-bond acceptors (Lipinski definition) is 4. The van der Waals surface area contributed by atoms with Crippen LogP contribution >= 0.6 is 0 Å². The summed E-state index contributed by atoms with van der Waals surface area (Å²) < 4.78 is 5.34. The maximum atomic E-state index is 13.3. The van der Waals surface area contributed by atoms with E-state index in [1.54, 1.807) is 32.6 Å². The van der Waals surface area contributed by atoms with E-state index in [9.17, 15) is 14.4 Å². The van der Waals surface area contributed by atoms with Crippen molar-refractivity contribution >= 4 is 28.7 Å². The lowest BCUT2D eigenvalue weighted by atomic mass is 9.96. The minimum Gasteiger partial charge on any atom is -0.459 e. The number of nitrogens with zero attached hydrogens (tertiary/aromatic N) is 1. The van der Waals surface area contributed by atoms with E-state index in [0.29, 0.717) is 42.1 Å². The van der Waals surface area contributed by atoms with Gasteiger partial charge in [-0.05, 0) is 77.1 Å². The minimum absolute atomic E-state index is 0.0240. The van der Waals surface area contributed by atoms with Gasteiger partial charge >= 0.3 is 5.97 Å². The fraction of sp³-hybridized carbons (Fsp3) is 0.464. The van der Waals surface area contributed by atoms with Gasteiger partial charge in [0.2, 0.25) is 5.91 Å². The van der Waals surface area contributed by atoms with Crippen LogP contribution in [0.5, 0.6) is 0 Å². The smallest absolute Gasteiger partial charge is 0.340 e. The summed E-state index contributed by atoms with van der Waals surface area (Å²) in [5, 5.41) is 4.25. The number of esters is 1. The quantitative estimate of drug-likeness (QED) is 0.430. The number of piperidine rings is 1. The van der Waals surface area contributed by atoms with Crippen LogP contribution in [0.1, 0.15) is 69.9 Å². The molecular formula is C28H36N4O4. The van der Waals surface area contributed by atoms with E-state index in [0.717, 1.165) is 24.8 Å². The standard InChI is InChI=1S/C28H36N4O4/c1-16(2)36-28(35)24-18(4)25(31-19(24)5)27(34)32-12-6-7-21(15-32)26(33)29-11-10-20-14-30-23-9-8-17(3)13-22(20)23/h8-9,13-14,16,21,30-31H,6-7,10-12,15H2,1-5H3,(H,29,33)/t21-/m0/s1. The molecule has 1 atom stereocenters. The van der Waals surface area contributed by atoms with Gasteiger partial charge in [-0.25, -0.2) is 4.79 Å². The number of benzene rings is 1. The van der Waals surface area contributed by atoms with E-state index in [1.807, 2.05) is 6.20 Å². The lowest BCUT2D eigenvalue weighted by Crippen LogP contribution is -2.46. The van der Waals surface area contributed by atoms with Gasteiger partial charge < -0.3 is 24.9 Å². The molecule has 0 spiro atoms. The zero-order valence-corrected chi connectivity index (χ0v) is 21.8. The van der Waals surface area contributed by atoms with Crippen molar-refractivity contribution in [2.24, 2.45) is 5.92 Å². The zero-order valence-electron chi connectivity index (χ0n) is 21.8. The molecule has 0 saturated carbocycles. The molecule has 2 aromatic heterocycles. The van der Waals surface area contributed by atoms with Crippen molar-refractivity contribution in [1.29, 1.82) is 0 Å². The van der Waals surface area contributed by atoms with Crippen molar-refractivity contribution in [1.82, 2.24) is 20.2 Å². The van der Waals surface area contributed by atoms with Crippen LogP contribution in [-0.2, 0) is 16.0 Å². The summed E-state index contributed by atoms with van der Waals surface area (Å²) in [5.74, 6) is -0.902. The zero-order chi connectivity index (χ0) is 26.0. The van der Waals surface area contributed by atoms with Crippen LogP contribution in [0.25, 0.3) is 10.9 Å². The fourth-order valence-corrected chi connectivity index (χ4v) is 5.04. The Bertz CT molecular complexity index is 1290. The molecule has 1 aliphatic heterocycles. The third-order valence-corrected chi connectivity index (χ3v) is 6.89. The molecule has 0 radical (unpaired) electrons. The van der Waals surface area contributed by atoms with Crippen molar-refractivity contribution < 1.29 is 19.1 Å². The number of carbonyl (C=O) groups is 3. The van der Waals surface area contributed by atoms with E-state index in [4.69, 9.17) is 4.74 Å². The molecule has 3 aromatic rings. The fourth-order valence-electron chi connectivity index (χ4n) is 5.04. The van der Waals surface area contributed by atoms with Crippen LogP contribution < -0.4 is 5.32 Å². The van der Waals surface area contributed by atoms with Crippen molar-refractivity contribution in [2.75, 3.05) is 19.6 Å². The third kappa shape index (κ3) is 5.32. The van der Waals surface area contributed by atoms with E-state index in [-0.39, 0.29) is 23.8 Å². The first kappa shape index (κ1) is 25.5. The highest BCUT2D eigenvalue weighted by Gasteiger charge is 2.32. The molecular weight excluding hydrogens is 456 g/mol. The highest BCUT2D eigenvalue weighted by Crippen LogP contribution is 2.24. The maximum absolute atomic E-state index is 13.3. The summed E-state index contributed by atoms with van der Waals surface area (Å²) in [4.78, 5) is 46.9. The number of hydrogen-bond donors (Lipinski definition) is 3. The number of nitrogens with one attached hydrogen (secondary N) is 3. The number of amides is 2. The summed E-state index contributed by atoms with van der Waals surface area (Å²) in [6, 6.07) is 6.31. The van der Waals surface area contributed by atoms with Gasteiger partial charge in [-0.15, -0.1) is 0 Å². The molecule has 2 amide bonds. The number of rotatable bonds is 7. The monoisotopic (exact) mass is 492 g/mol. The molecule has 1 saturated heterocycles. The summed E-state index contributed by atoms with van der Waals surface area (Å²) in [6.45, 7) is 10.7. The lowest BCUT2D eigenvalue weighted by molar-refractivity contribution is -0.126. The van der Waals surface area contributed by atoms with Gasteiger partial charge in [-0.2, -0.15) is 0 Å². The molecule has 4 rings (SSSR count). The molecule has 192 valence electrons. The molecule has 3 heterocycles. The van der Waals surface area contributed by atoms with Crippen molar-refractivity contribution in [3.63, 3.8) is 0 Å². The lowest BCUT2D eigenvalue weighted by Gasteiger charge is -2.32. The highest BCUT2D eigenvalue weighted by molar-refractivity contribution is 6.00. The van der Waals surface area contributed by atoms with Gasteiger partial charge in [-0.1, -0.05) is 11.6 Å². The Kier molecular flexibility index (Phi) is 7.52. The van der Waals surface area contributed by atoms with E-state index in [1.165, 1.54) is 16.5 Å². The summed E-state index contributed by atoms with van der Waals surface area (Å²) in [7, 11) is 0. The molecule has 1 aromatic carbocycles.